The zero-order valence-corrected chi connectivity index (χ0v) is 12.7. The number of rotatable bonds is 3. The zero-order chi connectivity index (χ0) is 14.8. The van der Waals surface area contributed by atoms with Gasteiger partial charge in [-0.2, -0.15) is 0 Å². The van der Waals surface area contributed by atoms with E-state index >= 15 is 0 Å². The Morgan fingerprint density at radius 1 is 1.14 bits per heavy atom. The second-order valence-electron chi connectivity index (χ2n) is 4.25. The molecule has 0 saturated carbocycles. The molecule has 21 heavy (non-hydrogen) atoms. The Labute approximate surface area is 129 Å². The van der Waals surface area contributed by atoms with Crippen molar-refractivity contribution in [3.8, 4) is 0 Å². The molecule has 2 heterocycles. The average molecular weight is 317 g/mol. The Morgan fingerprint density at radius 3 is 2.76 bits per heavy atom. The number of carbonyl (C=O) groups excluding carboxylic acids is 2. The van der Waals surface area contributed by atoms with Gasteiger partial charge in [0.05, 0.1) is 18.4 Å². The number of esters is 1. The van der Waals surface area contributed by atoms with Gasteiger partial charge in [-0.3, -0.25) is 4.79 Å². The van der Waals surface area contributed by atoms with Crippen LogP contribution in [0.5, 0.6) is 0 Å². The summed E-state index contributed by atoms with van der Waals surface area (Å²) in [5, 5.41) is 7.26. The molecule has 0 spiro atoms. The van der Waals surface area contributed by atoms with Crippen molar-refractivity contribution < 1.29 is 14.3 Å². The van der Waals surface area contributed by atoms with Gasteiger partial charge >= 0.3 is 5.97 Å². The van der Waals surface area contributed by atoms with Crippen LogP contribution in [0.3, 0.4) is 0 Å². The predicted octanol–water partition coefficient (Wildman–Crippen LogP) is 4.00. The third-order valence-corrected chi connectivity index (χ3v) is 4.87. The summed E-state index contributed by atoms with van der Waals surface area (Å²) in [6.45, 7) is 0. The molecule has 0 radical (unpaired) electrons. The van der Waals surface area contributed by atoms with Crippen LogP contribution in [-0.2, 0) is 4.74 Å². The van der Waals surface area contributed by atoms with Crippen molar-refractivity contribution in [3.63, 3.8) is 0 Å². The van der Waals surface area contributed by atoms with Crippen molar-refractivity contribution in [2.45, 2.75) is 0 Å². The second-order valence-corrected chi connectivity index (χ2v) is 6.08. The fourth-order valence-electron chi connectivity index (χ4n) is 2.00. The van der Waals surface area contributed by atoms with Crippen molar-refractivity contribution in [2.24, 2.45) is 0 Å². The second kappa shape index (κ2) is 5.67. The van der Waals surface area contributed by atoms with Gasteiger partial charge < -0.3 is 10.1 Å². The third kappa shape index (κ3) is 2.55. The maximum Gasteiger partial charge on any atom is 0.350 e. The molecular formula is C15H11NO3S2. The lowest BCUT2D eigenvalue weighted by Crippen LogP contribution is -2.13. The SMILES string of the molecule is COC(=O)c1sccc1NC(=O)c1csc2ccccc12. The van der Waals surface area contributed by atoms with Crippen LogP contribution in [0, 0.1) is 0 Å². The maximum atomic E-state index is 12.4. The van der Waals surface area contributed by atoms with E-state index in [1.165, 1.54) is 29.8 Å². The Balaban J connectivity index is 1.90. The molecule has 0 unspecified atom stereocenters. The van der Waals surface area contributed by atoms with Gasteiger partial charge in [-0.05, 0) is 17.5 Å². The molecule has 1 amide bonds. The lowest BCUT2D eigenvalue weighted by Gasteiger charge is -2.04. The Kier molecular flexibility index (Phi) is 3.72. The number of carbonyl (C=O) groups is 2. The van der Waals surface area contributed by atoms with Gasteiger partial charge in [0.15, 0.2) is 0 Å². The van der Waals surface area contributed by atoms with Gasteiger partial charge in [0.2, 0.25) is 0 Å². The van der Waals surface area contributed by atoms with E-state index in [0.717, 1.165) is 10.1 Å². The van der Waals surface area contributed by atoms with Crippen LogP contribution in [0.25, 0.3) is 10.1 Å². The standard InChI is InChI=1S/C15H11NO3S2/c1-19-15(18)13-11(6-7-20-13)16-14(17)10-8-21-12-5-3-2-4-9(10)12/h2-8H,1H3,(H,16,17). The van der Waals surface area contributed by atoms with Crippen LogP contribution in [0.1, 0.15) is 20.0 Å². The molecule has 1 N–H and O–H groups in total. The highest BCUT2D eigenvalue weighted by Gasteiger charge is 2.18. The highest BCUT2D eigenvalue weighted by molar-refractivity contribution is 7.17. The van der Waals surface area contributed by atoms with Gasteiger partial charge in [0, 0.05) is 15.5 Å². The molecule has 6 heteroatoms. The van der Waals surface area contributed by atoms with Gasteiger partial charge in [-0.15, -0.1) is 22.7 Å². The number of nitrogens with one attached hydrogen (secondary N) is 1. The molecule has 0 bridgehead atoms. The molecule has 0 fully saturated rings. The van der Waals surface area contributed by atoms with Gasteiger partial charge in [-0.25, -0.2) is 4.79 Å². The molecule has 3 aromatic rings. The van der Waals surface area contributed by atoms with E-state index in [1.807, 2.05) is 29.6 Å². The molecule has 1 aromatic carbocycles. The largest absolute Gasteiger partial charge is 0.465 e. The van der Waals surface area contributed by atoms with E-state index in [4.69, 9.17) is 4.74 Å². The van der Waals surface area contributed by atoms with Crippen molar-refractivity contribution >= 4 is 50.3 Å². The Hall–Kier alpha value is -2.18. The van der Waals surface area contributed by atoms with E-state index < -0.39 is 5.97 Å². The summed E-state index contributed by atoms with van der Waals surface area (Å²) in [5.41, 5.74) is 1.09. The van der Waals surface area contributed by atoms with E-state index in [2.05, 4.69) is 5.32 Å². The molecule has 4 nitrogen and oxygen atoms in total. The van der Waals surface area contributed by atoms with Crippen LogP contribution in [-0.4, -0.2) is 19.0 Å². The van der Waals surface area contributed by atoms with E-state index in [9.17, 15) is 9.59 Å². The van der Waals surface area contributed by atoms with Gasteiger partial charge in [-0.1, -0.05) is 18.2 Å². The number of methoxy groups -OCH3 is 1. The summed E-state index contributed by atoms with van der Waals surface area (Å²) in [7, 11) is 1.32. The molecule has 106 valence electrons. The Morgan fingerprint density at radius 2 is 1.95 bits per heavy atom. The first-order valence-electron chi connectivity index (χ1n) is 6.14. The fourth-order valence-corrected chi connectivity index (χ4v) is 3.71. The number of ether oxygens (including phenoxy) is 1. The third-order valence-electron chi connectivity index (χ3n) is 3.01. The van der Waals surface area contributed by atoms with Crippen LogP contribution >= 0.6 is 22.7 Å². The first-order valence-corrected chi connectivity index (χ1v) is 7.90. The van der Waals surface area contributed by atoms with Gasteiger partial charge in [0.25, 0.3) is 5.91 Å². The summed E-state index contributed by atoms with van der Waals surface area (Å²) in [5.74, 6) is -0.675. The van der Waals surface area contributed by atoms with Crippen LogP contribution in [0.4, 0.5) is 5.69 Å². The number of benzene rings is 1. The zero-order valence-electron chi connectivity index (χ0n) is 11.1. The first kappa shape index (κ1) is 13.8. The summed E-state index contributed by atoms with van der Waals surface area (Å²) < 4.78 is 5.76. The number of amides is 1. The molecule has 0 aliphatic heterocycles. The summed E-state index contributed by atoms with van der Waals surface area (Å²) >= 11 is 2.76. The average Bonchev–Trinajstić information content (AvgIpc) is 3.12. The normalized spacial score (nSPS) is 10.5. The molecule has 0 atom stereocenters. The number of hydrogen-bond donors (Lipinski definition) is 1. The lowest BCUT2D eigenvalue weighted by atomic mass is 10.1. The quantitative estimate of drug-likeness (QED) is 0.743. The predicted molar refractivity (Wildman–Crippen MR) is 85.4 cm³/mol. The summed E-state index contributed by atoms with van der Waals surface area (Å²) in [4.78, 5) is 24.4. The number of thiophene rings is 2. The molecule has 3 rings (SSSR count). The summed E-state index contributed by atoms with van der Waals surface area (Å²) in [6.07, 6.45) is 0. The number of hydrogen-bond acceptors (Lipinski definition) is 5. The topological polar surface area (TPSA) is 55.4 Å². The minimum absolute atomic E-state index is 0.226. The number of fused-ring (bicyclic) bond motifs is 1. The maximum absolute atomic E-state index is 12.4. The molecule has 0 saturated heterocycles. The van der Waals surface area contributed by atoms with Crippen molar-refractivity contribution in [3.05, 3.63) is 51.5 Å². The highest BCUT2D eigenvalue weighted by atomic mass is 32.1. The minimum atomic E-state index is -0.449. The molecule has 0 aliphatic carbocycles. The Bertz CT molecular complexity index is 819. The molecular weight excluding hydrogens is 306 g/mol. The highest BCUT2D eigenvalue weighted by Crippen LogP contribution is 2.28. The van der Waals surface area contributed by atoms with E-state index in [-0.39, 0.29) is 5.91 Å². The minimum Gasteiger partial charge on any atom is -0.465 e. The fraction of sp³-hybridized carbons (Fsp3) is 0.0667. The van der Waals surface area contributed by atoms with E-state index in [0.29, 0.717) is 16.1 Å². The van der Waals surface area contributed by atoms with Crippen LogP contribution in [0.15, 0.2) is 41.1 Å². The molecule has 2 aromatic heterocycles. The van der Waals surface area contributed by atoms with Crippen LogP contribution < -0.4 is 5.32 Å². The molecule has 0 aliphatic rings. The smallest absolute Gasteiger partial charge is 0.350 e. The monoisotopic (exact) mass is 317 g/mol. The lowest BCUT2D eigenvalue weighted by molar-refractivity contribution is 0.0607. The summed E-state index contributed by atoms with van der Waals surface area (Å²) in [6, 6.07) is 9.42. The van der Waals surface area contributed by atoms with Crippen molar-refractivity contribution in [2.75, 3.05) is 12.4 Å². The van der Waals surface area contributed by atoms with Crippen LogP contribution in [0.2, 0.25) is 0 Å². The van der Waals surface area contributed by atoms with Crippen molar-refractivity contribution in [1.82, 2.24) is 0 Å². The van der Waals surface area contributed by atoms with Crippen molar-refractivity contribution in [1.29, 1.82) is 0 Å². The van der Waals surface area contributed by atoms with Gasteiger partial charge in [0.1, 0.15) is 4.88 Å². The first-order chi connectivity index (χ1) is 10.2. The van der Waals surface area contributed by atoms with E-state index in [1.54, 1.807) is 11.4 Å². The number of anilines is 1.